The van der Waals surface area contributed by atoms with Gasteiger partial charge < -0.3 is 4.90 Å². The molecule has 68 valence electrons. The molecule has 0 aromatic carbocycles. The minimum atomic E-state index is 0.968. The summed E-state index contributed by atoms with van der Waals surface area (Å²) in [5.41, 5.74) is 0. The van der Waals surface area contributed by atoms with Crippen molar-refractivity contribution in [2.75, 3.05) is 20.1 Å². The van der Waals surface area contributed by atoms with Crippen LogP contribution in [0.5, 0.6) is 0 Å². The molecule has 1 heteroatoms. The Morgan fingerprint density at radius 3 is 2.36 bits per heavy atom. The minimum absolute atomic E-state index is 0.968. The van der Waals surface area contributed by atoms with Gasteiger partial charge in [0, 0.05) is 0 Å². The van der Waals surface area contributed by atoms with Crippen LogP contribution in [0.2, 0.25) is 0 Å². The molecule has 1 fully saturated rings. The van der Waals surface area contributed by atoms with Crippen molar-refractivity contribution in [2.45, 2.75) is 40.0 Å². The fraction of sp³-hybridized carbons (Fsp3) is 1.00. The van der Waals surface area contributed by atoms with Gasteiger partial charge in [-0.15, -0.1) is 0 Å². The van der Waals surface area contributed by atoms with Crippen molar-refractivity contribution in [3.05, 3.63) is 0 Å². The quantitative estimate of drug-likeness (QED) is 0.522. The van der Waals surface area contributed by atoms with E-state index in [1.807, 2.05) is 13.8 Å². The molecular formula is C10H23N. The third-order valence-corrected chi connectivity index (χ3v) is 2.24. The highest BCUT2D eigenvalue weighted by Gasteiger charge is 2.09. The van der Waals surface area contributed by atoms with Gasteiger partial charge in [0.25, 0.3) is 0 Å². The molecule has 0 spiro atoms. The summed E-state index contributed by atoms with van der Waals surface area (Å²) < 4.78 is 0. The van der Waals surface area contributed by atoms with Gasteiger partial charge in [0.15, 0.2) is 0 Å². The first-order chi connectivity index (χ1) is 5.29. The minimum Gasteiger partial charge on any atom is -0.306 e. The van der Waals surface area contributed by atoms with E-state index < -0.39 is 0 Å². The summed E-state index contributed by atoms with van der Waals surface area (Å²) in [4.78, 5) is 2.43. The van der Waals surface area contributed by atoms with Gasteiger partial charge >= 0.3 is 0 Å². The van der Waals surface area contributed by atoms with E-state index in [0.717, 1.165) is 5.92 Å². The fourth-order valence-corrected chi connectivity index (χ4v) is 1.41. The summed E-state index contributed by atoms with van der Waals surface area (Å²) in [6.07, 6.45) is 4.23. The Morgan fingerprint density at radius 2 is 1.73 bits per heavy atom. The second kappa shape index (κ2) is 6.66. The first kappa shape index (κ1) is 11.0. The van der Waals surface area contributed by atoms with Gasteiger partial charge in [0.2, 0.25) is 0 Å². The first-order valence-corrected chi connectivity index (χ1v) is 4.97. The van der Waals surface area contributed by atoms with Crippen LogP contribution in [0.1, 0.15) is 40.0 Å². The number of likely N-dealkylation sites (tertiary alicyclic amines) is 1. The summed E-state index contributed by atoms with van der Waals surface area (Å²) in [6.45, 7) is 8.98. The fourth-order valence-electron chi connectivity index (χ4n) is 1.41. The highest BCUT2D eigenvalue weighted by molar-refractivity contribution is 4.63. The molecule has 0 amide bonds. The lowest BCUT2D eigenvalue weighted by atomic mass is 10.0. The number of hydrogen-bond donors (Lipinski definition) is 0. The van der Waals surface area contributed by atoms with Crippen molar-refractivity contribution < 1.29 is 0 Å². The lowest BCUT2D eigenvalue weighted by Gasteiger charge is -2.11. The van der Waals surface area contributed by atoms with E-state index >= 15 is 0 Å². The van der Waals surface area contributed by atoms with Crippen LogP contribution >= 0.6 is 0 Å². The molecule has 0 radical (unpaired) electrons. The highest BCUT2D eigenvalue weighted by Crippen LogP contribution is 2.14. The third-order valence-electron chi connectivity index (χ3n) is 2.24. The molecule has 0 unspecified atom stereocenters. The van der Waals surface area contributed by atoms with Crippen molar-refractivity contribution in [2.24, 2.45) is 5.92 Å². The van der Waals surface area contributed by atoms with Crippen LogP contribution in [0.15, 0.2) is 0 Å². The maximum atomic E-state index is 2.43. The molecule has 11 heavy (non-hydrogen) atoms. The van der Waals surface area contributed by atoms with Gasteiger partial charge in [-0.3, -0.25) is 0 Å². The Hall–Kier alpha value is -0.0400. The lowest BCUT2D eigenvalue weighted by molar-refractivity contribution is 0.344. The van der Waals surface area contributed by atoms with E-state index in [1.165, 1.54) is 32.4 Å². The zero-order valence-electron chi connectivity index (χ0n) is 8.56. The van der Waals surface area contributed by atoms with Crippen molar-refractivity contribution in [1.82, 2.24) is 4.90 Å². The van der Waals surface area contributed by atoms with Crippen LogP contribution in [-0.2, 0) is 0 Å². The molecule has 0 aliphatic carbocycles. The van der Waals surface area contributed by atoms with Crippen LogP contribution in [-0.4, -0.2) is 25.0 Å². The molecule has 0 saturated carbocycles. The SMILES string of the molecule is CC.C[C@@H]1CCCN(C)CC1. The maximum absolute atomic E-state index is 2.43. The molecule has 1 nitrogen and oxygen atoms in total. The van der Waals surface area contributed by atoms with Crippen molar-refractivity contribution >= 4 is 0 Å². The van der Waals surface area contributed by atoms with Crippen LogP contribution in [0.3, 0.4) is 0 Å². The molecule has 0 aromatic rings. The van der Waals surface area contributed by atoms with E-state index in [2.05, 4.69) is 18.9 Å². The summed E-state index contributed by atoms with van der Waals surface area (Å²) in [6, 6.07) is 0. The zero-order valence-corrected chi connectivity index (χ0v) is 8.56. The highest BCUT2D eigenvalue weighted by atomic mass is 15.1. The normalized spacial score (nSPS) is 26.7. The predicted molar refractivity (Wildman–Crippen MR) is 51.9 cm³/mol. The molecule has 1 aliphatic rings. The number of rotatable bonds is 0. The Kier molecular flexibility index (Phi) is 6.63. The summed E-state index contributed by atoms with van der Waals surface area (Å²) in [5, 5.41) is 0. The molecule has 0 bridgehead atoms. The largest absolute Gasteiger partial charge is 0.306 e. The van der Waals surface area contributed by atoms with E-state index in [1.54, 1.807) is 0 Å². The van der Waals surface area contributed by atoms with E-state index in [9.17, 15) is 0 Å². The van der Waals surface area contributed by atoms with E-state index in [-0.39, 0.29) is 0 Å². The molecule has 1 atom stereocenters. The maximum Gasteiger partial charge on any atom is -0.00192 e. The second-order valence-electron chi connectivity index (χ2n) is 3.34. The lowest BCUT2D eigenvalue weighted by Crippen LogP contribution is -2.18. The van der Waals surface area contributed by atoms with Crippen molar-refractivity contribution in [1.29, 1.82) is 0 Å². The molecule has 0 aromatic heterocycles. The van der Waals surface area contributed by atoms with Gasteiger partial charge in [-0.1, -0.05) is 20.8 Å². The molecule has 1 saturated heterocycles. The predicted octanol–water partition coefficient (Wildman–Crippen LogP) is 2.76. The van der Waals surface area contributed by atoms with E-state index in [4.69, 9.17) is 0 Å². The third kappa shape index (κ3) is 5.25. The monoisotopic (exact) mass is 157 g/mol. The summed E-state index contributed by atoms with van der Waals surface area (Å²) in [7, 11) is 2.22. The van der Waals surface area contributed by atoms with Gasteiger partial charge in [0.1, 0.15) is 0 Å². The van der Waals surface area contributed by atoms with Crippen molar-refractivity contribution in [3.63, 3.8) is 0 Å². The molecule has 1 heterocycles. The van der Waals surface area contributed by atoms with Gasteiger partial charge in [-0.25, -0.2) is 0 Å². The Morgan fingerprint density at radius 1 is 1.09 bits per heavy atom. The first-order valence-electron chi connectivity index (χ1n) is 4.97. The number of nitrogens with zero attached hydrogens (tertiary/aromatic N) is 1. The molecular weight excluding hydrogens is 134 g/mol. The van der Waals surface area contributed by atoms with Crippen LogP contribution in [0.4, 0.5) is 0 Å². The molecule has 1 aliphatic heterocycles. The summed E-state index contributed by atoms with van der Waals surface area (Å²) >= 11 is 0. The average molecular weight is 157 g/mol. The zero-order chi connectivity index (χ0) is 8.69. The molecule has 1 rings (SSSR count). The Balaban J connectivity index is 0.000000461. The topological polar surface area (TPSA) is 3.24 Å². The standard InChI is InChI=1S/C8H17N.C2H6/c1-8-4-3-6-9(2)7-5-8;1-2/h8H,3-7H2,1-2H3;1-2H3/t8-;/m1./s1. The van der Waals surface area contributed by atoms with Gasteiger partial charge in [-0.2, -0.15) is 0 Å². The second-order valence-corrected chi connectivity index (χ2v) is 3.34. The van der Waals surface area contributed by atoms with Gasteiger partial charge in [0.05, 0.1) is 0 Å². The Bertz CT molecular complexity index is 70.9. The number of hydrogen-bond acceptors (Lipinski definition) is 1. The van der Waals surface area contributed by atoms with Crippen LogP contribution in [0.25, 0.3) is 0 Å². The van der Waals surface area contributed by atoms with Gasteiger partial charge in [-0.05, 0) is 45.3 Å². The average Bonchev–Trinajstić information content (AvgIpc) is 2.20. The Labute approximate surface area is 71.8 Å². The smallest absolute Gasteiger partial charge is 0.00192 e. The molecule has 0 N–H and O–H groups in total. The van der Waals surface area contributed by atoms with E-state index in [0.29, 0.717) is 0 Å². The van der Waals surface area contributed by atoms with Crippen molar-refractivity contribution in [3.8, 4) is 0 Å². The van der Waals surface area contributed by atoms with Crippen LogP contribution < -0.4 is 0 Å². The summed E-state index contributed by atoms with van der Waals surface area (Å²) in [5.74, 6) is 0.968. The van der Waals surface area contributed by atoms with Crippen LogP contribution in [0, 0.1) is 5.92 Å².